The van der Waals surface area contributed by atoms with Gasteiger partial charge in [0, 0.05) is 17.2 Å². The summed E-state index contributed by atoms with van der Waals surface area (Å²) in [6, 6.07) is 4.57. The summed E-state index contributed by atoms with van der Waals surface area (Å²) >= 11 is 5.72. The van der Waals surface area contributed by atoms with Gasteiger partial charge < -0.3 is 0 Å². The second-order valence-electron chi connectivity index (χ2n) is 2.96. The minimum Gasteiger partial charge on any atom is -0.258 e. The molecule has 3 nitrogen and oxygen atoms in total. The Labute approximate surface area is 81.5 Å². The zero-order valence-corrected chi connectivity index (χ0v) is 8.13. The van der Waals surface area contributed by atoms with Crippen LogP contribution in [0.25, 0.3) is 0 Å². The maximum atomic E-state index is 10.5. The van der Waals surface area contributed by atoms with Crippen molar-refractivity contribution in [3.05, 3.63) is 44.8 Å². The molecule has 0 aromatic heterocycles. The van der Waals surface area contributed by atoms with Crippen molar-refractivity contribution in [3.63, 3.8) is 0 Å². The number of hydrogen-bond acceptors (Lipinski definition) is 2. The third kappa shape index (κ3) is 2.42. The van der Waals surface area contributed by atoms with Gasteiger partial charge in [0.15, 0.2) is 0 Å². The zero-order valence-electron chi connectivity index (χ0n) is 7.37. The van der Waals surface area contributed by atoms with Crippen molar-refractivity contribution >= 4 is 17.3 Å². The van der Waals surface area contributed by atoms with Crippen molar-refractivity contribution in [2.24, 2.45) is 0 Å². The monoisotopic (exact) mass is 198 g/mol. The molecule has 0 heterocycles. The van der Waals surface area contributed by atoms with Crippen molar-refractivity contribution in [2.45, 2.75) is 13.8 Å². The van der Waals surface area contributed by atoms with Gasteiger partial charge in [-0.1, -0.05) is 25.4 Å². The first kappa shape index (κ1) is 9.99. The van der Waals surface area contributed by atoms with Gasteiger partial charge in [-0.25, -0.2) is 0 Å². The molecule has 4 heteroatoms. The molecule has 0 aliphatic carbocycles. The van der Waals surface area contributed by atoms with Crippen LogP contribution in [0.5, 0.6) is 0 Å². The van der Waals surface area contributed by atoms with E-state index < -0.39 is 4.92 Å². The number of nitrogens with zero attached hydrogens (tertiary/aromatic N) is 1. The molecule has 0 aliphatic rings. The summed E-state index contributed by atoms with van der Waals surface area (Å²) in [6.07, 6.45) is 0. The van der Waals surface area contributed by atoms with Crippen LogP contribution in [-0.2, 0) is 0 Å². The van der Waals surface area contributed by atoms with Crippen molar-refractivity contribution in [3.8, 4) is 0 Å². The van der Waals surface area contributed by atoms with E-state index in [-0.39, 0.29) is 5.69 Å². The van der Waals surface area contributed by atoms with Gasteiger partial charge in [-0.2, -0.15) is 0 Å². The lowest BCUT2D eigenvalue weighted by molar-refractivity contribution is -0.384. The van der Waals surface area contributed by atoms with Crippen LogP contribution in [0.15, 0.2) is 18.2 Å². The number of nitro groups is 1. The van der Waals surface area contributed by atoms with E-state index in [0.29, 0.717) is 5.02 Å². The normalized spacial score (nSPS) is 10.5. The van der Waals surface area contributed by atoms with Crippen molar-refractivity contribution in [2.75, 3.05) is 0 Å². The molecular weight excluding hydrogens is 190 g/mol. The van der Waals surface area contributed by atoms with Crippen molar-refractivity contribution < 1.29 is 4.92 Å². The lowest BCUT2D eigenvalue weighted by atomic mass is 10.0. The topological polar surface area (TPSA) is 43.1 Å². The largest absolute Gasteiger partial charge is 0.271 e. The van der Waals surface area contributed by atoms with Gasteiger partial charge in [-0.3, -0.25) is 10.1 Å². The molecule has 0 saturated heterocycles. The number of non-ortho nitro benzene ring substituents is 1. The molecule has 0 fully saturated rings. The average molecular weight is 199 g/mol. The van der Waals surface area contributed by atoms with Gasteiger partial charge in [0.1, 0.15) is 0 Å². The van der Waals surface area contributed by atoms with E-state index in [1.54, 1.807) is 6.07 Å². The third-order valence-corrected chi connectivity index (χ3v) is 1.89. The predicted octanol–water partition coefficient (Wildman–Crippen LogP) is 3.21. The minimum atomic E-state index is -0.446. The fourth-order valence-electron chi connectivity index (χ4n) is 0.968. The summed E-state index contributed by atoms with van der Waals surface area (Å²) in [5.74, 6) is 1.01. The Morgan fingerprint density at radius 1 is 1.38 bits per heavy atom. The molecule has 0 unspecified atom stereocenters. The van der Waals surface area contributed by atoms with Gasteiger partial charge in [-0.15, -0.1) is 0 Å². The van der Waals surface area contributed by atoms with Crippen LogP contribution in [-0.4, -0.2) is 4.92 Å². The van der Waals surface area contributed by atoms with E-state index in [2.05, 4.69) is 0 Å². The molecule has 0 N–H and O–H groups in total. The number of rotatable bonds is 2. The van der Waals surface area contributed by atoms with E-state index in [1.807, 2.05) is 13.8 Å². The van der Waals surface area contributed by atoms with Crippen LogP contribution in [0.3, 0.4) is 0 Å². The molecule has 0 bridgehead atoms. The first-order chi connectivity index (χ1) is 6.00. The predicted molar refractivity (Wildman–Crippen MR) is 51.8 cm³/mol. The molecule has 1 rings (SSSR count). The summed E-state index contributed by atoms with van der Waals surface area (Å²) in [5, 5.41) is 10.9. The Morgan fingerprint density at radius 2 is 2.00 bits per heavy atom. The Balaban J connectivity index is 3.19. The first-order valence-electron chi connectivity index (χ1n) is 3.76. The quantitative estimate of drug-likeness (QED) is 0.541. The molecule has 1 aromatic rings. The Hall–Kier alpha value is -1.09. The average Bonchev–Trinajstić information content (AvgIpc) is 2.03. The molecule has 0 atom stereocenters. The minimum absolute atomic E-state index is 0.0312. The molecule has 0 aliphatic heterocycles. The maximum absolute atomic E-state index is 10.5. The van der Waals surface area contributed by atoms with E-state index in [9.17, 15) is 10.1 Å². The number of hydrogen-bond donors (Lipinski definition) is 0. The summed E-state index contributed by atoms with van der Waals surface area (Å²) in [5.41, 5.74) is 0.836. The van der Waals surface area contributed by atoms with Gasteiger partial charge in [0.05, 0.1) is 4.92 Å². The second-order valence-corrected chi connectivity index (χ2v) is 3.39. The third-order valence-electron chi connectivity index (χ3n) is 1.67. The van der Waals surface area contributed by atoms with Gasteiger partial charge in [-0.05, 0) is 17.5 Å². The Kier molecular flexibility index (Phi) is 2.88. The van der Waals surface area contributed by atoms with Crippen LogP contribution < -0.4 is 0 Å². The van der Waals surface area contributed by atoms with Crippen LogP contribution in [0.2, 0.25) is 5.02 Å². The SMILES string of the molecule is C[C](C)c1cc(Cl)cc([N+](=O)[O-])c1. The highest BCUT2D eigenvalue weighted by atomic mass is 35.5. The molecule has 0 spiro atoms. The van der Waals surface area contributed by atoms with Crippen LogP contribution in [0, 0.1) is 16.0 Å². The lowest BCUT2D eigenvalue weighted by Gasteiger charge is -2.04. The molecule has 0 amide bonds. The highest BCUT2D eigenvalue weighted by Gasteiger charge is 2.10. The lowest BCUT2D eigenvalue weighted by Crippen LogP contribution is -1.93. The Bertz CT molecular complexity index is 336. The summed E-state index contributed by atoms with van der Waals surface area (Å²) < 4.78 is 0. The first-order valence-corrected chi connectivity index (χ1v) is 4.14. The summed E-state index contributed by atoms with van der Waals surface area (Å²) in [4.78, 5) is 10.0. The van der Waals surface area contributed by atoms with E-state index in [4.69, 9.17) is 11.6 Å². The standard InChI is InChI=1S/C9H9ClNO2/c1-6(2)7-3-8(10)5-9(4-7)11(12)13/h3-5H,1-2H3. The van der Waals surface area contributed by atoms with Crippen molar-refractivity contribution in [1.82, 2.24) is 0 Å². The van der Waals surface area contributed by atoms with Gasteiger partial charge >= 0.3 is 0 Å². The molecule has 1 radical (unpaired) electrons. The van der Waals surface area contributed by atoms with E-state index in [0.717, 1.165) is 11.5 Å². The summed E-state index contributed by atoms with van der Waals surface area (Å²) in [7, 11) is 0. The smallest absolute Gasteiger partial charge is 0.258 e. The van der Waals surface area contributed by atoms with Crippen LogP contribution in [0.4, 0.5) is 5.69 Å². The molecule has 13 heavy (non-hydrogen) atoms. The van der Waals surface area contributed by atoms with Crippen LogP contribution >= 0.6 is 11.6 Å². The second kappa shape index (κ2) is 3.75. The van der Waals surface area contributed by atoms with Gasteiger partial charge in [0.25, 0.3) is 5.69 Å². The van der Waals surface area contributed by atoms with E-state index in [1.165, 1.54) is 12.1 Å². The summed E-state index contributed by atoms with van der Waals surface area (Å²) in [6.45, 7) is 3.77. The highest BCUT2D eigenvalue weighted by Crippen LogP contribution is 2.24. The van der Waals surface area contributed by atoms with Gasteiger partial charge in [0.2, 0.25) is 0 Å². The fourth-order valence-corrected chi connectivity index (χ4v) is 1.20. The fraction of sp³-hybridized carbons (Fsp3) is 0.222. The molecule has 69 valence electrons. The molecule has 0 saturated carbocycles. The highest BCUT2D eigenvalue weighted by molar-refractivity contribution is 6.30. The maximum Gasteiger partial charge on any atom is 0.271 e. The Morgan fingerprint density at radius 3 is 2.46 bits per heavy atom. The number of halogens is 1. The number of benzene rings is 1. The zero-order chi connectivity index (χ0) is 10.0. The van der Waals surface area contributed by atoms with Crippen molar-refractivity contribution in [1.29, 1.82) is 0 Å². The molecular formula is C9H9ClNO2. The van der Waals surface area contributed by atoms with E-state index >= 15 is 0 Å². The van der Waals surface area contributed by atoms with Crippen LogP contribution in [0.1, 0.15) is 19.4 Å². The molecule has 1 aromatic carbocycles. The number of nitro benzene ring substituents is 1.